The predicted octanol–water partition coefficient (Wildman–Crippen LogP) is 4.39. The zero-order valence-electron chi connectivity index (χ0n) is 11.4. The fraction of sp³-hybridized carbons (Fsp3) is 0.600. The van der Waals surface area contributed by atoms with E-state index in [-0.39, 0.29) is 11.9 Å². The maximum absolute atomic E-state index is 13.3. The van der Waals surface area contributed by atoms with Crippen LogP contribution in [-0.4, -0.2) is 11.8 Å². The Morgan fingerprint density at radius 1 is 1.28 bits per heavy atom. The lowest BCUT2D eigenvalue weighted by Gasteiger charge is -2.13. The highest BCUT2D eigenvalue weighted by Gasteiger charge is 2.08. The summed E-state index contributed by atoms with van der Waals surface area (Å²) in [6, 6.07) is 5.20. The highest BCUT2D eigenvalue weighted by Crippen LogP contribution is 2.26. The average Bonchev–Trinajstić information content (AvgIpc) is 2.36. The molecule has 1 aromatic rings. The van der Waals surface area contributed by atoms with Crippen LogP contribution in [0.15, 0.2) is 23.1 Å². The molecule has 0 saturated heterocycles. The Morgan fingerprint density at radius 3 is 2.72 bits per heavy atom. The summed E-state index contributed by atoms with van der Waals surface area (Å²) in [6.07, 6.45) is 5.41. The lowest BCUT2D eigenvalue weighted by Crippen LogP contribution is -2.21. The molecular formula is C15H24FNS. The summed E-state index contributed by atoms with van der Waals surface area (Å²) in [6.45, 7) is 4.27. The SMILES string of the molecule is CCCCCSc1ccc(F)cc1CC(N)CC. The van der Waals surface area contributed by atoms with E-state index in [2.05, 4.69) is 13.8 Å². The summed E-state index contributed by atoms with van der Waals surface area (Å²) in [4.78, 5) is 1.19. The monoisotopic (exact) mass is 269 g/mol. The zero-order valence-corrected chi connectivity index (χ0v) is 12.2. The van der Waals surface area contributed by atoms with E-state index in [0.29, 0.717) is 0 Å². The van der Waals surface area contributed by atoms with Crippen molar-refractivity contribution >= 4 is 11.8 Å². The molecule has 0 aliphatic heterocycles. The van der Waals surface area contributed by atoms with Crippen molar-refractivity contribution in [3.63, 3.8) is 0 Å². The summed E-state index contributed by atoms with van der Waals surface area (Å²) >= 11 is 1.83. The Hall–Kier alpha value is -0.540. The number of rotatable bonds is 8. The Labute approximate surface area is 114 Å². The van der Waals surface area contributed by atoms with Gasteiger partial charge in [0.1, 0.15) is 5.82 Å². The first-order valence-corrected chi connectivity index (χ1v) is 7.82. The van der Waals surface area contributed by atoms with Crippen LogP contribution in [0, 0.1) is 5.82 Å². The van der Waals surface area contributed by atoms with Gasteiger partial charge in [0.15, 0.2) is 0 Å². The predicted molar refractivity (Wildman–Crippen MR) is 78.6 cm³/mol. The van der Waals surface area contributed by atoms with Crippen LogP contribution < -0.4 is 5.73 Å². The largest absolute Gasteiger partial charge is 0.327 e. The molecule has 1 aromatic carbocycles. The Balaban J connectivity index is 2.64. The van der Waals surface area contributed by atoms with Crippen molar-refractivity contribution in [2.24, 2.45) is 5.73 Å². The van der Waals surface area contributed by atoms with Gasteiger partial charge in [0.2, 0.25) is 0 Å². The molecule has 3 heteroatoms. The number of hydrogen-bond acceptors (Lipinski definition) is 2. The van der Waals surface area contributed by atoms with Crippen molar-refractivity contribution in [2.45, 2.75) is 56.9 Å². The van der Waals surface area contributed by atoms with Gasteiger partial charge >= 0.3 is 0 Å². The van der Waals surface area contributed by atoms with Crippen molar-refractivity contribution in [3.8, 4) is 0 Å². The molecule has 2 N–H and O–H groups in total. The lowest BCUT2D eigenvalue weighted by molar-refractivity contribution is 0.609. The fourth-order valence-electron chi connectivity index (χ4n) is 1.81. The van der Waals surface area contributed by atoms with E-state index in [0.717, 1.165) is 24.2 Å². The van der Waals surface area contributed by atoms with Crippen molar-refractivity contribution in [1.82, 2.24) is 0 Å². The number of nitrogens with two attached hydrogens (primary N) is 1. The minimum absolute atomic E-state index is 0.127. The van der Waals surface area contributed by atoms with Crippen molar-refractivity contribution < 1.29 is 4.39 Å². The number of unbranched alkanes of at least 4 members (excludes halogenated alkanes) is 2. The van der Waals surface area contributed by atoms with Crippen LogP contribution in [0.1, 0.15) is 45.1 Å². The number of hydrogen-bond donors (Lipinski definition) is 1. The molecular weight excluding hydrogens is 245 g/mol. The smallest absolute Gasteiger partial charge is 0.123 e. The summed E-state index contributed by atoms with van der Waals surface area (Å²) in [5, 5.41) is 0. The number of halogens is 1. The highest BCUT2D eigenvalue weighted by molar-refractivity contribution is 7.99. The Kier molecular flexibility index (Phi) is 7.36. The molecule has 0 aliphatic carbocycles. The topological polar surface area (TPSA) is 26.0 Å². The van der Waals surface area contributed by atoms with Gasteiger partial charge in [-0.2, -0.15) is 0 Å². The molecule has 1 nitrogen and oxygen atoms in total. The molecule has 0 radical (unpaired) electrons. The summed E-state index contributed by atoms with van der Waals surface area (Å²) in [7, 11) is 0. The molecule has 0 spiro atoms. The molecule has 18 heavy (non-hydrogen) atoms. The van der Waals surface area contributed by atoms with Crippen molar-refractivity contribution in [3.05, 3.63) is 29.6 Å². The van der Waals surface area contributed by atoms with Gasteiger partial charge in [-0.3, -0.25) is 0 Å². The Bertz CT molecular complexity index is 354. The van der Waals surface area contributed by atoms with Crippen LogP contribution >= 0.6 is 11.8 Å². The van der Waals surface area contributed by atoms with Gasteiger partial charge in [-0.05, 0) is 48.8 Å². The van der Waals surface area contributed by atoms with E-state index in [1.165, 1.54) is 24.2 Å². The van der Waals surface area contributed by atoms with Crippen LogP contribution in [0.2, 0.25) is 0 Å². The molecule has 1 rings (SSSR count). The van der Waals surface area contributed by atoms with Gasteiger partial charge < -0.3 is 5.73 Å². The van der Waals surface area contributed by atoms with E-state index in [1.54, 1.807) is 12.1 Å². The molecule has 1 unspecified atom stereocenters. The molecule has 0 aromatic heterocycles. The molecule has 1 atom stereocenters. The number of thioether (sulfide) groups is 1. The molecule has 0 aliphatic rings. The fourth-order valence-corrected chi connectivity index (χ4v) is 2.87. The van der Waals surface area contributed by atoms with E-state index in [1.807, 2.05) is 17.8 Å². The van der Waals surface area contributed by atoms with Gasteiger partial charge in [-0.1, -0.05) is 26.7 Å². The van der Waals surface area contributed by atoms with Gasteiger partial charge in [0.25, 0.3) is 0 Å². The molecule has 0 saturated carbocycles. The van der Waals surface area contributed by atoms with Gasteiger partial charge in [-0.25, -0.2) is 4.39 Å². The van der Waals surface area contributed by atoms with E-state index in [9.17, 15) is 4.39 Å². The first kappa shape index (κ1) is 15.5. The maximum Gasteiger partial charge on any atom is 0.123 e. The quantitative estimate of drug-likeness (QED) is 0.559. The molecule has 0 heterocycles. The first-order valence-electron chi connectivity index (χ1n) is 6.84. The highest BCUT2D eigenvalue weighted by atomic mass is 32.2. The van der Waals surface area contributed by atoms with Crippen LogP contribution in [0.25, 0.3) is 0 Å². The van der Waals surface area contributed by atoms with Crippen LogP contribution in [-0.2, 0) is 6.42 Å². The molecule has 102 valence electrons. The lowest BCUT2D eigenvalue weighted by atomic mass is 10.0. The minimum atomic E-state index is -0.161. The van der Waals surface area contributed by atoms with E-state index < -0.39 is 0 Å². The third kappa shape index (κ3) is 5.40. The van der Waals surface area contributed by atoms with E-state index in [4.69, 9.17) is 5.73 Å². The molecule has 0 amide bonds. The minimum Gasteiger partial charge on any atom is -0.327 e. The molecule has 0 fully saturated rings. The van der Waals surface area contributed by atoms with Crippen molar-refractivity contribution in [1.29, 1.82) is 0 Å². The average molecular weight is 269 g/mol. The third-order valence-electron chi connectivity index (χ3n) is 3.03. The Morgan fingerprint density at radius 2 is 2.06 bits per heavy atom. The third-order valence-corrected chi connectivity index (χ3v) is 4.24. The van der Waals surface area contributed by atoms with Gasteiger partial charge in [-0.15, -0.1) is 11.8 Å². The summed E-state index contributed by atoms with van der Waals surface area (Å²) in [5.41, 5.74) is 7.03. The standard InChI is InChI=1S/C15H24FNS/c1-3-5-6-9-18-15-8-7-13(16)10-12(15)11-14(17)4-2/h7-8,10,14H,3-6,9,11,17H2,1-2H3. The zero-order chi connectivity index (χ0) is 13.4. The van der Waals surface area contributed by atoms with Gasteiger partial charge in [0, 0.05) is 10.9 Å². The van der Waals surface area contributed by atoms with Crippen LogP contribution in [0.4, 0.5) is 4.39 Å². The number of benzene rings is 1. The second-order valence-electron chi connectivity index (χ2n) is 4.68. The van der Waals surface area contributed by atoms with Crippen molar-refractivity contribution in [2.75, 3.05) is 5.75 Å². The second-order valence-corrected chi connectivity index (χ2v) is 5.82. The normalized spacial score (nSPS) is 12.7. The molecule has 0 bridgehead atoms. The van der Waals surface area contributed by atoms with Gasteiger partial charge in [0.05, 0.1) is 0 Å². The maximum atomic E-state index is 13.3. The second kappa shape index (κ2) is 8.54. The first-order chi connectivity index (χ1) is 8.67. The summed E-state index contributed by atoms with van der Waals surface area (Å²) < 4.78 is 13.3. The van der Waals surface area contributed by atoms with E-state index >= 15 is 0 Å². The van der Waals surface area contributed by atoms with Crippen LogP contribution in [0.3, 0.4) is 0 Å². The van der Waals surface area contributed by atoms with Crippen LogP contribution in [0.5, 0.6) is 0 Å². The summed E-state index contributed by atoms with van der Waals surface area (Å²) in [5.74, 6) is 0.944.